The van der Waals surface area contributed by atoms with Crippen LogP contribution in [0, 0.1) is 0 Å². The minimum atomic E-state index is 0.358. The molecule has 1 aliphatic heterocycles. The summed E-state index contributed by atoms with van der Waals surface area (Å²) in [5, 5.41) is 9.32. The van der Waals surface area contributed by atoms with Crippen molar-refractivity contribution in [3.05, 3.63) is 0 Å². The molecule has 17 heavy (non-hydrogen) atoms. The lowest BCUT2D eigenvalue weighted by atomic mass is 10.0. The fourth-order valence-electron chi connectivity index (χ4n) is 2.83. The molecular weight excluding hydrogens is 210 g/mol. The molecule has 1 saturated heterocycles. The highest BCUT2D eigenvalue weighted by Crippen LogP contribution is 2.17. The van der Waals surface area contributed by atoms with Gasteiger partial charge in [-0.05, 0) is 32.4 Å². The molecule has 2 nitrogen and oxygen atoms in total. The second-order valence-corrected chi connectivity index (χ2v) is 5.49. The van der Waals surface area contributed by atoms with Crippen LogP contribution in [0.15, 0.2) is 0 Å². The molecule has 1 fully saturated rings. The van der Waals surface area contributed by atoms with Gasteiger partial charge in [0.15, 0.2) is 0 Å². The van der Waals surface area contributed by atoms with E-state index in [0.717, 1.165) is 0 Å². The third-order valence-electron chi connectivity index (χ3n) is 4.01. The van der Waals surface area contributed by atoms with Gasteiger partial charge in [-0.15, -0.1) is 0 Å². The minimum Gasteiger partial charge on any atom is -0.395 e. The van der Waals surface area contributed by atoms with Crippen molar-refractivity contribution in [2.75, 3.05) is 19.7 Å². The maximum absolute atomic E-state index is 9.32. The van der Waals surface area contributed by atoms with E-state index in [9.17, 15) is 5.11 Å². The van der Waals surface area contributed by atoms with Gasteiger partial charge in [0.2, 0.25) is 0 Å². The zero-order valence-corrected chi connectivity index (χ0v) is 11.7. The summed E-state index contributed by atoms with van der Waals surface area (Å²) < 4.78 is 0. The molecule has 1 N–H and O–H groups in total. The van der Waals surface area contributed by atoms with Crippen LogP contribution in [0.2, 0.25) is 0 Å². The van der Waals surface area contributed by atoms with Crippen LogP contribution < -0.4 is 0 Å². The molecule has 0 spiro atoms. The molecular formula is C15H31NO. The monoisotopic (exact) mass is 241 g/mol. The van der Waals surface area contributed by atoms with Crippen molar-refractivity contribution in [3.8, 4) is 0 Å². The Balaban J connectivity index is 1.97. The lowest BCUT2D eigenvalue weighted by Gasteiger charge is -2.34. The molecule has 0 aromatic carbocycles. The van der Waals surface area contributed by atoms with E-state index >= 15 is 0 Å². The fraction of sp³-hybridized carbons (Fsp3) is 1.00. The number of aliphatic hydroxyl groups excluding tert-OH is 1. The first kappa shape index (κ1) is 15.0. The van der Waals surface area contributed by atoms with Crippen LogP contribution in [-0.4, -0.2) is 35.7 Å². The van der Waals surface area contributed by atoms with Crippen LogP contribution in [0.1, 0.15) is 71.1 Å². The minimum absolute atomic E-state index is 0.358. The van der Waals surface area contributed by atoms with Crippen molar-refractivity contribution in [1.82, 2.24) is 4.90 Å². The Labute approximate surface area is 107 Å². The largest absolute Gasteiger partial charge is 0.395 e. The predicted molar refractivity (Wildman–Crippen MR) is 74.3 cm³/mol. The number of nitrogens with zero attached hydrogens (tertiary/aromatic N) is 1. The third kappa shape index (κ3) is 6.42. The van der Waals surface area contributed by atoms with E-state index in [1.54, 1.807) is 0 Å². The summed E-state index contributed by atoms with van der Waals surface area (Å²) in [4.78, 5) is 2.51. The maximum atomic E-state index is 9.32. The maximum Gasteiger partial charge on any atom is 0.0586 e. The average Bonchev–Trinajstić information content (AvgIpc) is 2.38. The Morgan fingerprint density at radius 2 is 1.71 bits per heavy atom. The molecule has 0 radical (unpaired) electrons. The highest BCUT2D eigenvalue weighted by Gasteiger charge is 2.20. The van der Waals surface area contributed by atoms with Gasteiger partial charge in [0.25, 0.3) is 0 Å². The lowest BCUT2D eigenvalue weighted by Crippen LogP contribution is -2.42. The van der Waals surface area contributed by atoms with E-state index < -0.39 is 0 Å². The van der Waals surface area contributed by atoms with Gasteiger partial charge in [-0.2, -0.15) is 0 Å². The number of piperidine rings is 1. The molecule has 1 heterocycles. The van der Waals surface area contributed by atoms with Gasteiger partial charge in [0.05, 0.1) is 6.61 Å². The summed E-state index contributed by atoms with van der Waals surface area (Å²) in [5.74, 6) is 0. The molecule has 0 aliphatic carbocycles. The molecule has 0 saturated carbocycles. The Morgan fingerprint density at radius 1 is 1.00 bits per heavy atom. The molecule has 1 aliphatic rings. The van der Waals surface area contributed by atoms with Crippen molar-refractivity contribution in [2.45, 2.75) is 77.2 Å². The van der Waals surface area contributed by atoms with Gasteiger partial charge in [-0.1, -0.05) is 51.9 Å². The normalized spacial score (nSPS) is 21.9. The first-order valence-electron chi connectivity index (χ1n) is 7.73. The summed E-state index contributed by atoms with van der Waals surface area (Å²) in [7, 11) is 0. The second kappa shape index (κ2) is 9.90. The molecule has 0 aromatic rings. The molecule has 0 amide bonds. The van der Waals surface area contributed by atoms with Gasteiger partial charge in [-0.3, -0.25) is 4.90 Å². The molecule has 0 bridgehead atoms. The van der Waals surface area contributed by atoms with E-state index in [4.69, 9.17) is 0 Å². The Bertz CT molecular complexity index is 172. The van der Waals surface area contributed by atoms with Crippen molar-refractivity contribution >= 4 is 0 Å². The molecule has 1 atom stereocenters. The third-order valence-corrected chi connectivity index (χ3v) is 4.01. The van der Waals surface area contributed by atoms with E-state index in [2.05, 4.69) is 11.8 Å². The number of likely N-dealkylation sites (tertiary alicyclic amines) is 1. The van der Waals surface area contributed by atoms with Gasteiger partial charge < -0.3 is 5.11 Å². The number of hydrogen-bond donors (Lipinski definition) is 1. The molecule has 0 aromatic heterocycles. The zero-order valence-electron chi connectivity index (χ0n) is 11.7. The van der Waals surface area contributed by atoms with Crippen LogP contribution in [0.3, 0.4) is 0 Å². The highest BCUT2D eigenvalue weighted by atomic mass is 16.3. The van der Waals surface area contributed by atoms with E-state index in [-0.39, 0.29) is 0 Å². The number of hydrogen-bond acceptors (Lipinski definition) is 2. The quantitative estimate of drug-likeness (QED) is 0.624. The summed E-state index contributed by atoms with van der Waals surface area (Å²) >= 11 is 0. The van der Waals surface area contributed by atoms with Crippen LogP contribution in [-0.2, 0) is 0 Å². The molecule has 102 valence electrons. The average molecular weight is 241 g/mol. The number of rotatable bonds is 9. The van der Waals surface area contributed by atoms with Crippen molar-refractivity contribution in [3.63, 3.8) is 0 Å². The lowest BCUT2D eigenvalue weighted by molar-refractivity contribution is 0.0886. The fourth-order valence-corrected chi connectivity index (χ4v) is 2.83. The predicted octanol–water partition coefficient (Wildman–Crippen LogP) is 3.58. The highest BCUT2D eigenvalue weighted by molar-refractivity contribution is 4.75. The van der Waals surface area contributed by atoms with Crippen molar-refractivity contribution < 1.29 is 5.11 Å². The topological polar surface area (TPSA) is 23.5 Å². The van der Waals surface area contributed by atoms with Gasteiger partial charge >= 0.3 is 0 Å². The van der Waals surface area contributed by atoms with Crippen molar-refractivity contribution in [1.29, 1.82) is 0 Å². The second-order valence-electron chi connectivity index (χ2n) is 5.49. The number of aliphatic hydroxyl groups is 1. The molecule has 1 rings (SSSR count). The first-order valence-corrected chi connectivity index (χ1v) is 7.73. The molecule has 1 unspecified atom stereocenters. The number of unbranched alkanes of at least 4 members (excludes halogenated alkanes) is 6. The summed E-state index contributed by atoms with van der Waals surface area (Å²) in [6.07, 6.45) is 13.5. The van der Waals surface area contributed by atoms with E-state index in [1.807, 2.05) is 0 Å². The smallest absolute Gasteiger partial charge is 0.0586 e. The summed E-state index contributed by atoms with van der Waals surface area (Å²) in [6.45, 7) is 5.04. The SMILES string of the molecule is CCCCCCCCCN1CCCCC1CO. The van der Waals surface area contributed by atoms with E-state index in [0.29, 0.717) is 12.6 Å². The zero-order chi connectivity index (χ0) is 12.3. The van der Waals surface area contributed by atoms with Crippen molar-refractivity contribution in [2.24, 2.45) is 0 Å². The Hall–Kier alpha value is -0.0800. The standard InChI is InChI=1S/C15H31NO/c1-2-3-4-5-6-7-9-12-16-13-10-8-11-15(16)14-17/h15,17H,2-14H2,1H3. The van der Waals surface area contributed by atoms with E-state index in [1.165, 1.54) is 77.3 Å². The Kier molecular flexibility index (Phi) is 8.72. The summed E-state index contributed by atoms with van der Waals surface area (Å²) in [5.41, 5.74) is 0. The van der Waals surface area contributed by atoms with Crippen LogP contribution >= 0.6 is 0 Å². The molecule has 2 heteroatoms. The van der Waals surface area contributed by atoms with Gasteiger partial charge in [0.1, 0.15) is 0 Å². The summed E-state index contributed by atoms with van der Waals surface area (Å²) in [6, 6.07) is 0.462. The Morgan fingerprint density at radius 3 is 2.41 bits per heavy atom. The van der Waals surface area contributed by atoms with Gasteiger partial charge in [0, 0.05) is 6.04 Å². The van der Waals surface area contributed by atoms with Crippen LogP contribution in [0.4, 0.5) is 0 Å². The van der Waals surface area contributed by atoms with Crippen LogP contribution in [0.5, 0.6) is 0 Å². The van der Waals surface area contributed by atoms with Gasteiger partial charge in [-0.25, -0.2) is 0 Å². The van der Waals surface area contributed by atoms with Crippen LogP contribution in [0.25, 0.3) is 0 Å². The first-order chi connectivity index (χ1) is 8.38.